The van der Waals surface area contributed by atoms with Gasteiger partial charge in [0.15, 0.2) is 5.58 Å². The van der Waals surface area contributed by atoms with E-state index in [1.165, 1.54) is 31.4 Å². The molecule has 0 atom stereocenters. The van der Waals surface area contributed by atoms with Gasteiger partial charge in [0, 0.05) is 43.1 Å². The molecule has 3 aromatic rings. The predicted molar refractivity (Wildman–Crippen MR) is 142 cm³/mol. The lowest BCUT2D eigenvalue weighted by atomic mass is 9.91. The molecule has 5 rings (SSSR count). The maximum atomic E-state index is 6.16. The summed E-state index contributed by atoms with van der Waals surface area (Å²) < 4.78 is 12.0. The van der Waals surface area contributed by atoms with E-state index in [9.17, 15) is 0 Å². The molecule has 1 aliphatic heterocycles. The molecule has 2 fully saturated rings. The Bertz CT molecular complexity index is 1030. The largest absolute Gasteiger partial charge is 0.493 e. The van der Waals surface area contributed by atoms with Crippen LogP contribution in [0.3, 0.4) is 0 Å². The van der Waals surface area contributed by atoms with Gasteiger partial charge in [-0.05, 0) is 88.7 Å². The maximum Gasteiger partial charge on any atom is 0.175 e. The number of aryl methyl sites for hydroxylation is 1. The molecule has 0 amide bonds. The second-order valence-electron chi connectivity index (χ2n) is 9.71. The van der Waals surface area contributed by atoms with Crippen LogP contribution in [0.25, 0.3) is 11.0 Å². The van der Waals surface area contributed by atoms with Crippen molar-refractivity contribution in [1.29, 1.82) is 0 Å². The first kappa shape index (κ1) is 26.6. The van der Waals surface area contributed by atoms with E-state index in [1.807, 2.05) is 12.4 Å². The standard InChI is InChI=1S/C26H34N4O2.2ClH/c1-29(2)17-23-25(31-18-20-3-4-20)8-6-22-24(28-32-26(22)23)7-5-19-11-15-30(16-12-19)21-9-13-27-14-10-21;;/h6,8-10,13-14,19-20H,3-5,7,11-12,15-18H2,1-2H3;2*1H. The first-order chi connectivity index (χ1) is 15.7. The van der Waals surface area contributed by atoms with Gasteiger partial charge in [0.25, 0.3) is 0 Å². The van der Waals surface area contributed by atoms with Crippen LogP contribution < -0.4 is 9.64 Å². The van der Waals surface area contributed by atoms with Crippen LogP contribution in [0, 0.1) is 11.8 Å². The Morgan fingerprint density at radius 2 is 1.74 bits per heavy atom. The zero-order valence-corrected chi connectivity index (χ0v) is 21.7. The summed E-state index contributed by atoms with van der Waals surface area (Å²) in [5.41, 5.74) is 4.39. The molecule has 1 aromatic carbocycles. The third-order valence-electron chi connectivity index (χ3n) is 6.85. The second-order valence-corrected chi connectivity index (χ2v) is 9.71. The van der Waals surface area contributed by atoms with E-state index in [0.29, 0.717) is 0 Å². The number of benzene rings is 1. The average Bonchev–Trinajstić information content (AvgIpc) is 3.55. The fourth-order valence-electron chi connectivity index (χ4n) is 4.74. The zero-order chi connectivity index (χ0) is 21.9. The number of hydrogen-bond donors (Lipinski definition) is 0. The highest BCUT2D eigenvalue weighted by atomic mass is 35.5. The van der Waals surface area contributed by atoms with E-state index in [4.69, 9.17) is 9.26 Å². The van der Waals surface area contributed by atoms with E-state index in [2.05, 4.69) is 58.3 Å². The summed E-state index contributed by atoms with van der Waals surface area (Å²) in [7, 11) is 4.16. The number of nitrogens with zero attached hydrogens (tertiary/aromatic N) is 4. The number of pyridine rings is 1. The number of piperidine rings is 1. The van der Waals surface area contributed by atoms with Crippen LogP contribution in [0.15, 0.2) is 41.2 Å². The molecule has 186 valence electrons. The quantitative estimate of drug-likeness (QED) is 0.367. The third-order valence-corrected chi connectivity index (χ3v) is 6.85. The normalized spacial score (nSPS) is 16.4. The monoisotopic (exact) mass is 506 g/mol. The van der Waals surface area contributed by atoms with Crippen molar-refractivity contribution < 1.29 is 9.26 Å². The summed E-state index contributed by atoms with van der Waals surface area (Å²) in [5, 5.41) is 5.64. The summed E-state index contributed by atoms with van der Waals surface area (Å²) in [6.45, 7) is 3.83. The Balaban J connectivity index is 0.00000162. The van der Waals surface area contributed by atoms with Gasteiger partial charge in [0.05, 0.1) is 17.9 Å². The lowest BCUT2D eigenvalue weighted by Gasteiger charge is -2.33. The van der Waals surface area contributed by atoms with Crippen molar-refractivity contribution in [1.82, 2.24) is 15.0 Å². The van der Waals surface area contributed by atoms with Crippen molar-refractivity contribution in [2.45, 2.75) is 45.1 Å². The number of anilines is 1. The van der Waals surface area contributed by atoms with Crippen LogP contribution in [-0.4, -0.2) is 48.8 Å². The fraction of sp³-hybridized carbons (Fsp3) is 0.538. The first-order valence-corrected chi connectivity index (χ1v) is 12.0. The van der Waals surface area contributed by atoms with E-state index >= 15 is 0 Å². The van der Waals surface area contributed by atoms with Gasteiger partial charge in [-0.25, -0.2) is 0 Å². The number of ether oxygens (including phenoxy) is 1. The van der Waals surface area contributed by atoms with Gasteiger partial charge < -0.3 is 19.1 Å². The Hall–Kier alpha value is -2.02. The highest BCUT2D eigenvalue weighted by Crippen LogP contribution is 2.35. The van der Waals surface area contributed by atoms with Crippen molar-refractivity contribution >= 4 is 41.5 Å². The number of aromatic nitrogens is 2. The molecule has 0 N–H and O–H groups in total. The van der Waals surface area contributed by atoms with Gasteiger partial charge in [-0.2, -0.15) is 0 Å². The van der Waals surface area contributed by atoms with Gasteiger partial charge in [-0.1, -0.05) is 5.16 Å². The Kier molecular flexibility index (Phi) is 9.46. The minimum atomic E-state index is 0. The molecule has 0 unspecified atom stereocenters. The summed E-state index contributed by atoms with van der Waals surface area (Å²) in [6.07, 6.45) is 10.9. The summed E-state index contributed by atoms with van der Waals surface area (Å²) in [4.78, 5) is 8.77. The first-order valence-electron chi connectivity index (χ1n) is 12.0. The molecule has 1 saturated heterocycles. The number of halogens is 2. The number of hydrogen-bond acceptors (Lipinski definition) is 6. The van der Waals surface area contributed by atoms with Gasteiger partial charge in [-0.15, -0.1) is 24.8 Å². The Labute approximate surface area is 214 Å². The lowest BCUT2D eigenvalue weighted by Crippen LogP contribution is -2.33. The zero-order valence-electron chi connectivity index (χ0n) is 20.1. The highest BCUT2D eigenvalue weighted by molar-refractivity contribution is 5.86. The second kappa shape index (κ2) is 12.1. The number of fused-ring (bicyclic) bond motifs is 1. The number of rotatable bonds is 9. The minimum absolute atomic E-state index is 0. The molecule has 1 saturated carbocycles. The predicted octanol–water partition coefficient (Wildman–Crippen LogP) is 5.77. The molecule has 3 heterocycles. The lowest BCUT2D eigenvalue weighted by molar-refractivity contribution is 0.289. The molecule has 34 heavy (non-hydrogen) atoms. The van der Waals surface area contributed by atoms with Crippen LogP contribution in [0.1, 0.15) is 43.4 Å². The topological polar surface area (TPSA) is 54.6 Å². The molecule has 8 heteroatoms. The van der Waals surface area contributed by atoms with Crippen molar-refractivity contribution in [3.63, 3.8) is 0 Å². The van der Waals surface area contributed by atoms with Crippen LogP contribution >= 0.6 is 24.8 Å². The fourth-order valence-corrected chi connectivity index (χ4v) is 4.74. The van der Waals surface area contributed by atoms with Gasteiger partial charge in [-0.3, -0.25) is 4.98 Å². The summed E-state index contributed by atoms with van der Waals surface area (Å²) >= 11 is 0. The van der Waals surface area contributed by atoms with E-state index in [-0.39, 0.29) is 24.8 Å². The van der Waals surface area contributed by atoms with E-state index in [0.717, 1.165) is 78.9 Å². The Morgan fingerprint density at radius 3 is 2.41 bits per heavy atom. The highest BCUT2D eigenvalue weighted by Gasteiger charge is 2.24. The molecule has 6 nitrogen and oxygen atoms in total. The van der Waals surface area contributed by atoms with Crippen molar-refractivity contribution in [2.24, 2.45) is 11.8 Å². The maximum absolute atomic E-state index is 6.16. The average molecular weight is 508 g/mol. The molecular weight excluding hydrogens is 471 g/mol. The molecule has 2 aromatic heterocycles. The van der Waals surface area contributed by atoms with E-state index < -0.39 is 0 Å². The summed E-state index contributed by atoms with van der Waals surface area (Å²) in [5.74, 6) is 2.42. The smallest absolute Gasteiger partial charge is 0.175 e. The van der Waals surface area contributed by atoms with Gasteiger partial charge >= 0.3 is 0 Å². The van der Waals surface area contributed by atoms with Crippen molar-refractivity contribution in [2.75, 3.05) is 38.7 Å². The molecule has 0 spiro atoms. The summed E-state index contributed by atoms with van der Waals surface area (Å²) in [6, 6.07) is 8.48. The molecule has 2 aliphatic rings. The molecule has 0 bridgehead atoms. The van der Waals surface area contributed by atoms with Crippen molar-refractivity contribution in [3.05, 3.63) is 47.9 Å². The van der Waals surface area contributed by atoms with Crippen LogP contribution in [0.2, 0.25) is 0 Å². The van der Waals surface area contributed by atoms with Crippen LogP contribution in [0.4, 0.5) is 5.69 Å². The molecular formula is C26H36Cl2N4O2. The SMILES string of the molecule is CN(C)Cc1c(OCC2CC2)ccc2c(CCC3CCN(c4ccncc4)CC3)noc12.Cl.Cl. The van der Waals surface area contributed by atoms with Gasteiger partial charge in [0.2, 0.25) is 0 Å². The van der Waals surface area contributed by atoms with Crippen molar-refractivity contribution in [3.8, 4) is 5.75 Å². The minimum Gasteiger partial charge on any atom is -0.493 e. The molecule has 1 aliphatic carbocycles. The molecule has 0 radical (unpaired) electrons. The van der Waals surface area contributed by atoms with E-state index in [1.54, 1.807) is 0 Å². The Morgan fingerprint density at radius 1 is 1.00 bits per heavy atom. The van der Waals surface area contributed by atoms with Crippen LogP contribution in [-0.2, 0) is 13.0 Å². The third kappa shape index (κ3) is 6.35. The van der Waals surface area contributed by atoms with Crippen LogP contribution in [0.5, 0.6) is 5.75 Å². The van der Waals surface area contributed by atoms with Gasteiger partial charge in [0.1, 0.15) is 5.75 Å².